The third-order valence-electron chi connectivity index (χ3n) is 4.20. The Kier molecular flexibility index (Phi) is 5.14. The van der Waals surface area contributed by atoms with Crippen LogP contribution in [0.5, 0.6) is 0 Å². The predicted molar refractivity (Wildman–Crippen MR) is 103 cm³/mol. The van der Waals surface area contributed by atoms with Gasteiger partial charge in [-0.15, -0.1) is 0 Å². The number of hydrogen-bond donors (Lipinski definition) is 1. The lowest BCUT2D eigenvalue weighted by Crippen LogP contribution is -2.37. The minimum atomic E-state index is -2.01. The Balaban J connectivity index is 2.17. The normalized spacial score (nSPS) is 19.8. The van der Waals surface area contributed by atoms with Crippen molar-refractivity contribution >= 4 is 63.9 Å². The van der Waals surface area contributed by atoms with Crippen LogP contribution in [0.15, 0.2) is 6.33 Å². The molecule has 0 spiro atoms. The zero-order chi connectivity index (χ0) is 21.0. The van der Waals surface area contributed by atoms with Crippen molar-refractivity contribution in [3.8, 4) is 0 Å². The number of carbonyl (C=O) groups is 2. The van der Waals surface area contributed by atoms with Crippen molar-refractivity contribution in [1.82, 2.24) is 19.5 Å². The summed E-state index contributed by atoms with van der Waals surface area (Å²) in [5.74, 6) is -1.92. The quantitative estimate of drug-likeness (QED) is 0.319. The highest BCUT2D eigenvalue weighted by atomic mass is 35.5. The van der Waals surface area contributed by atoms with E-state index in [-0.39, 0.29) is 22.3 Å². The summed E-state index contributed by atoms with van der Waals surface area (Å²) in [6.45, 7) is 6.56. The van der Waals surface area contributed by atoms with Gasteiger partial charge in [-0.25, -0.2) is 4.98 Å². The molecule has 1 atom stereocenters. The van der Waals surface area contributed by atoms with Gasteiger partial charge in [0.2, 0.25) is 11.4 Å². The molecule has 0 radical (unpaired) electrons. The number of anilines is 1. The topological polar surface area (TPSA) is 122 Å². The van der Waals surface area contributed by atoms with E-state index in [0.29, 0.717) is 0 Å². The van der Waals surface area contributed by atoms with Crippen LogP contribution < -0.4 is 5.73 Å². The van der Waals surface area contributed by atoms with Crippen molar-refractivity contribution in [2.75, 3.05) is 5.73 Å². The van der Waals surface area contributed by atoms with E-state index in [0.717, 1.165) is 0 Å². The number of imidazole rings is 1. The molecule has 1 aliphatic rings. The lowest BCUT2D eigenvalue weighted by atomic mass is 10.1. The SMILES string of the molecule is CC(C)OC(=O)C1(C(=O)OC(C)C)C(n2cnc3c(Cl)nc(N)nc32)C1(Cl)Cl. The standard InChI is InChI=1S/C16H18Cl3N5O4/c1-6(2)27-12(25)15(13(26)28-7(3)4)11(16(15,18)19)24-5-21-8-9(17)22-14(20)23-10(8)24/h5-7,11H,1-4H3,(H2,20,22,23). The number of carbonyl (C=O) groups excluding carboxylic acids is 2. The number of ether oxygens (including phenoxy) is 2. The zero-order valence-corrected chi connectivity index (χ0v) is 17.7. The Morgan fingerprint density at radius 1 is 1.14 bits per heavy atom. The van der Waals surface area contributed by atoms with Gasteiger partial charge in [0.05, 0.1) is 18.5 Å². The van der Waals surface area contributed by atoms with E-state index in [9.17, 15) is 9.59 Å². The van der Waals surface area contributed by atoms with Crippen LogP contribution in [0.3, 0.4) is 0 Å². The molecule has 0 amide bonds. The zero-order valence-electron chi connectivity index (χ0n) is 15.4. The van der Waals surface area contributed by atoms with Gasteiger partial charge in [-0.3, -0.25) is 9.59 Å². The summed E-state index contributed by atoms with van der Waals surface area (Å²) in [6, 6.07) is -1.10. The first-order chi connectivity index (χ1) is 12.9. The average molecular weight is 451 g/mol. The second kappa shape index (κ2) is 6.89. The van der Waals surface area contributed by atoms with Crippen molar-refractivity contribution in [3.05, 3.63) is 11.5 Å². The molecule has 9 nitrogen and oxygen atoms in total. The van der Waals surface area contributed by atoms with Crippen LogP contribution in [0.25, 0.3) is 11.2 Å². The number of halogens is 3. The predicted octanol–water partition coefficient (Wildman–Crippen LogP) is 2.68. The van der Waals surface area contributed by atoms with Crippen LogP contribution in [0.4, 0.5) is 5.95 Å². The van der Waals surface area contributed by atoms with E-state index in [2.05, 4.69) is 15.0 Å². The number of fused-ring (bicyclic) bond motifs is 1. The Morgan fingerprint density at radius 2 is 1.68 bits per heavy atom. The van der Waals surface area contributed by atoms with Crippen molar-refractivity contribution in [2.45, 2.75) is 50.3 Å². The van der Waals surface area contributed by atoms with Gasteiger partial charge in [0.15, 0.2) is 15.1 Å². The lowest BCUT2D eigenvalue weighted by Gasteiger charge is -2.19. The van der Waals surface area contributed by atoms with Crippen molar-refractivity contribution in [1.29, 1.82) is 0 Å². The van der Waals surface area contributed by atoms with Gasteiger partial charge in [-0.05, 0) is 27.7 Å². The number of nitrogens with two attached hydrogens (primary N) is 1. The summed E-state index contributed by atoms with van der Waals surface area (Å²) in [5.41, 5.74) is 4.04. The second-order valence-corrected chi connectivity index (χ2v) is 8.68. The van der Waals surface area contributed by atoms with E-state index >= 15 is 0 Å². The molecule has 0 saturated heterocycles. The number of esters is 2. The van der Waals surface area contributed by atoms with Crippen LogP contribution in [-0.2, 0) is 19.1 Å². The third-order valence-corrected chi connectivity index (χ3v) is 5.47. The van der Waals surface area contributed by atoms with Crippen molar-refractivity contribution in [3.63, 3.8) is 0 Å². The largest absolute Gasteiger partial charge is 0.462 e. The molecule has 0 bridgehead atoms. The Hall–Kier alpha value is -1.84. The van der Waals surface area contributed by atoms with Gasteiger partial charge in [0, 0.05) is 0 Å². The Labute approximate surface area is 175 Å². The van der Waals surface area contributed by atoms with Gasteiger partial charge in [-0.1, -0.05) is 34.8 Å². The average Bonchev–Trinajstić information content (AvgIpc) is 2.82. The molecule has 3 rings (SSSR count). The number of alkyl halides is 2. The third kappa shape index (κ3) is 2.96. The number of aromatic nitrogens is 4. The highest BCUT2D eigenvalue weighted by Crippen LogP contribution is 2.73. The molecule has 12 heteroatoms. The summed E-state index contributed by atoms with van der Waals surface area (Å²) in [4.78, 5) is 37.9. The highest BCUT2D eigenvalue weighted by molar-refractivity contribution is 6.56. The first kappa shape index (κ1) is 20.9. The first-order valence-corrected chi connectivity index (χ1v) is 9.53. The summed E-state index contributed by atoms with van der Waals surface area (Å²) in [5, 5.41) is 0.0109. The van der Waals surface area contributed by atoms with Gasteiger partial charge in [-0.2, -0.15) is 9.97 Å². The number of hydrogen-bond acceptors (Lipinski definition) is 8. The maximum Gasteiger partial charge on any atom is 0.329 e. The Bertz CT molecular complexity index is 937. The molecule has 2 heterocycles. The van der Waals surface area contributed by atoms with Gasteiger partial charge >= 0.3 is 11.9 Å². The minimum Gasteiger partial charge on any atom is -0.462 e. The van der Waals surface area contributed by atoms with Crippen molar-refractivity contribution in [2.24, 2.45) is 5.41 Å². The lowest BCUT2D eigenvalue weighted by molar-refractivity contribution is -0.169. The molecule has 1 fully saturated rings. The van der Waals surface area contributed by atoms with E-state index in [1.54, 1.807) is 27.7 Å². The fraction of sp³-hybridized carbons (Fsp3) is 0.562. The molecule has 2 aromatic heterocycles. The van der Waals surface area contributed by atoms with Gasteiger partial charge in [0.25, 0.3) is 0 Å². The maximum atomic E-state index is 12.9. The number of rotatable bonds is 5. The minimum absolute atomic E-state index is 0.0109. The van der Waals surface area contributed by atoms with E-state index < -0.39 is 39.9 Å². The summed E-state index contributed by atoms with van der Waals surface area (Å²) in [7, 11) is 0. The summed E-state index contributed by atoms with van der Waals surface area (Å²) >= 11 is 19.0. The van der Waals surface area contributed by atoms with Crippen LogP contribution in [0, 0.1) is 5.41 Å². The molecule has 2 N–H and O–H groups in total. The first-order valence-electron chi connectivity index (χ1n) is 8.40. The molecule has 152 valence electrons. The summed E-state index contributed by atoms with van der Waals surface area (Å²) < 4.78 is 10.0. The molecule has 28 heavy (non-hydrogen) atoms. The molecule has 1 saturated carbocycles. The van der Waals surface area contributed by atoms with Crippen molar-refractivity contribution < 1.29 is 19.1 Å². The molecule has 1 aliphatic carbocycles. The molecule has 0 aromatic carbocycles. The van der Waals surface area contributed by atoms with E-state index in [1.807, 2.05) is 0 Å². The molecule has 2 aromatic rings. The molecular formula is C16H18Cl3N5O4. The van der Waals surface area contributed by atoms with Crippen LogP contribution in [0.2, 0.25) is 5.15 Å². The fourth-order valence-corrected chi connectivity index (χ4v) is 4.21. The fourth-order valence-electron chi connectivity index (χ4n) is 3.05. The second-order valence-electron chi connectivity index (χ2n) is 6.94. The smallest absolute Gasteiger partial charge is 0.329 e. The Morgan fingerprint density at radius 3 is 2.18 bits per heavy atom. The van der Waals surface area contributed by atoms with E-state index in [4.69, 9.17) is 50.0 Å². The number of nitrogen functional groups attached to an aromatic ring is 1. The maximum absolute atomic E-state index is 12.9. The highest BCUT2D eigenvalue weighted by Gasteiger charge is 2.88. The van der Waals surface area contributed by atoms with E-state index in [1.165, 1.54) is 10.9 Å². The number of nitrogens with zero attached hydrogens (tertiary/aromatic N) is 4. The monoisotopic (exact) mass is 449 g/mol. The summed E-state index contributed by atoms with van der Waals surface area (Å²) in [6.07, 6.45) is 0.296. The molecular weight excluding hydrogens is 433 g/mol. The van der Waals surface area contributed by atoms with Gasteiger partial charge < -0.3 is 19.8 Å². The van der Waals surface area contributed by atoms with Crippen LogP contribution >= 0.6 is 34.8 Å². The van der Waals surface area contributed by atoms with Gasteiger partial charge in [0.1, 0.15) is 11.6 Å². The molecule has 1 unspecified atom stereocenters. The van der Waals surface area contributed by atoms with Crippen LogP contribution in [-0.4, -0.2) is 48.0 Å². The van der Waals surface area contributed by atoms with Crippen LogP contribution in [0.1, 0.15) is 33.7 Å². The molecule has 0 aliphatic heterocycles.